The highest BCUT2D eigenvalue weighted by molar-refractivity contribution is 6.19. The number of aromatic nitrogens is 4. The average molecular weight is 577 g/mol. The molecule has 0 aliphatic heterocycles. The van der Waals surface area contributed by atoms with E-state index in [2.05, 4.69) is 161 Å². The van der Waals surface area contributed by atoms with Gasteiger partial charge in [0.05, 0.1) is 33.5 Å². The van der Waals surface area contributed by atoms with Crippen molar-refractivity contribution in [1.82, 2.24) is 19.1 Å². The van der Waals surface area contributed by atoms with Gasteiger partial charge in [-0.3, -0.25) is 4.57 Å². The van der Waals surface area contributed by atoms with Gasteiger partial charge in [-0.2, -0.15) is 0 Å². The Kier molecular flexibility index (Phi) is 5.01. The quantitative estimate of drug-likeness (QED) is 0.209. The zero-order valence-electron chi connectivity index (χ0n) is 24.5. The van der Waals surface area contributed by atoms with Gasteiger partial charge < -0.3 is 4.57 Å². The molecule has 10 rings (SSSR count). The molecule has 1 fully saturated rings. The molecule has 0 amide bonds. The number of hydrogen-bond acceptors (Lipinski definition) is 2. The van der Waals surface area contributed by atoms with Crippen molar-refractivity contribution >= 4 is 43.6 Å². The molecule has 2 aliphatic carbocycles. The van der Waals surface area contributed by atoms with E-state index in [1.807, 2.05) is 0 Å². The number of hydrogen-bond donors (Lipinski definition) is 0. The summed E-state index contributed by atoms with van der Waals surface area (Å²) >= 11 is 0. The minimum atomic E-state index is -0.0677. The van der Waals surface area contributed by atoms with E-state index in [1.165, 1.54) is 32.6 Å². The fourth-order valence-corrected chi connectivity index (χ4v) is 7.57. The Balaban J connectivity index is 1.32. The van der Waals surface area contributed by atoms with Crippen molar-refractivity contribution in [2.24, 2.45) is 5.92 Å². The molecule has 1 unspecified atom stereocenters. The minimum absolute atomic E-state index is 0.0677. The van der Waals surface area contributed by atoms with E-state index in [-0.39, 0.29) is 5.41 Å². The van der Waals surface area contributed by atoms with E-state index in [0.717, 1.165) is 40.1 Å². The van der Waals surface area contributed by atoms with Crippen LogP contribution >= 0.6 is 0 Å². The minimum Gasteiger partial charge on any atom is -0.309 e. The van der Waals surface area contributed by atoms with E-state index in [9.17, 15) is 0 Å². The highest BCUT2D eigenvalue weighted by Crippen LogP contribution is 2.57. The zero-order valence-corrected chi connectivity index (χ0v) is 24.5. The molecule has 3 aromatic heterocycles. The summed E-state index contributed by atoms with van der Waals surface area (Å²) < 4.78 is 4.66. The lowest BCUT2D eigenvalue weighted by Gasteiger charge is -2.17. The summed E-state index contributed by atoms with van der Waals surface area (Å²) in [6.07, 6.45) is 10.1. The fourth-order valence-electron chi connectivity index (χ4n) is 7.57. The molecule has 0 bridgehead atoms. The van der Waals surface area contributed by atoms with Crippen molar-refractivity contribution in [3.05, 3.63) is 157 Å². The van der Waals surface area contributed by atoms with E-state index in [4.69, 9.17) is 9.97 Å². The summed E-state index contributed by atoms with van der Waals surface area (Å²) in [7, 11) is 0. The summed E-state index contributed by atoms with van der Waals surface area (Å²) in [5.41, 5.74) is 8.78. The maximum atomic E-state index is 5.40. The number of nitrogens with zero attached hydrogens (tertiary/aromatic N) is 4. The van der Waals surface area contributed by atoms with Crippen LogP contribution in [-0.2, 0) is 5.41 Å². The van der Waals surface area contributed by atoms with Gasteiger partial charge in [-0.1, -0.05) is 109 Å². The first-order valence-electron chi connectivity index (χ1n) is 15.6. The smallest absolute Gasteiger partial charge is 0.235 e. The molecular formula is C41H28N4. The first-order valence-corrected chi connectivity index (χ1v) is 15.6. The molecule has 45 heavy (non-hydrogen) atoms. The van der Waals surface area contributed by atoms with Gasteiger partial charge in [-0.05, 0) is 54.8 Å². The van der Waals surface area contributed by atoms with Gasteiger partial charge in [0.25, 0.3) is 0 Å². The van der Waals surface area contributed by atoms with Crippen LogP contribution < -0.4 is 0 Å². The number of allylic oxidation sites excluding steroid dienone is 4. The Morgan fingerprint density at radius 1 is 0.556 bits per heavy atom. The standard InChI is InChI=1S/C41H28N4/c1-3-13-27(14-4-1)34-24-39(41-22-12-11-15-28(41)26-41)43-40(42-34)45-36-21-10-8-19-31(36)33-23-32-30-18-7-9-20-35(30)44(37(32)25-38(33)45)29-16-5-2-6-17-29/h1-25,28H,26H2/t28?,41-/m0/s1. The second kappa shape index (κ2) is 9.13. The zero-order chi connectivity index (χ0) is 29.5. The van der Waals surface area contributed by atoms with Gasteiger partial charge in [-0.25, -0.2) is 9.97 Å². The number of para-hydroxylation sites is 3. The van der Waals surface area contributed by atoms with E-state index < -0.39 is 0 Å². The lowest BCUT2D eigenvalue weighted by atomic mass is 9.94. The van der Waals surface area contributed by atoms with Crippen molar-refractivity contribution in [2.75, 3.05) is 0 Å². The molecule has 1 saturated carbocycles. The fraction of sp³-hybridized carbons (Fsp3) is 0.0732. The second-order valence-electron chi connectivity index (χ2n) is 12.3. The van der Waals surface area contributed by atoms with Crippen molar-refractivity contribution in [1.29, 1.82) is 0 Å². The van der Waals surface area contributed by atoms with Crippen LogP contribution in [0.2, 0.25) is 0 Å². The molecule has 0 saturated heterocycles. The van der Waals surface area contributed by atoms with Crippen LogP contribution in [0.5, 0.6) is 0 Å². The van der Waals surface area contributed by atoms with Crippen LogP contribution in [0, 0.1) is 5.92 Å². The number of benzene rings is 5. The molecule has 4 heteroatoms. The topological polar surface area (TPSA) is 35.6 Å². The number of rotatable bonds is 4. The maximum Gasteiger partial charge on any atom is 0.235 e. The van der Waals surface area contributed by atoms with Crippen LogP contribution in [0.1, 0.15) is 12.1 Å². The van der Waals surface area contributed by atoms with Crippen LogP contribution in [0.15, 0.2) is 152 Å². The molecule has 3 heterocycles. The van der Waals surface area contributed by atoms with Crippen LogP contribution in [0.25, 0.3) is 66.5 Å². The Hall–Kier alpha value is -5.74. The van der Waals surface area contributed by atoms with Crippen molar-refractivity contribution < 1.29 is 0 Å². The third kappa shape index (κ3) is 3.54. The molecule has 4 nitrogen and oxygen atoms in total. The van der Waals surface area contributed by atoms with Crippen molar-refractivity contribution in [2.45, 2.75) is 11.8 Å². The van der Waals surface area contributed by atoms with Crippen LogP contribution in [-0.4, -0.2) is 19.1 Å². The molecule has 0 N–H and O–H groups in total. The Bertz CT molecular complexity index is 2520. The van der Waals surface area contributed by atoms with Gasteiger partial charge in [0.15, 0.2) is 0 Å². The van der Waals surface area contributed by atoms with E-state index >= 15 is 0 Å². The summed E-state index contributed by atoms with van der Waals surface area (Å²) in [5, 5.41) is 4.88. The predicted octanol–water partition coefficient (Wildman–Crippen LogP) is 9.72. The van der Waals surface area contributed by atoms with Gasteiger partial charge in [-0.15, -0.1) is 0 Å². The van der Waals surface area contributed by atoms with Gasteiger partial charge in [0.1, 0.15) is 0 Å². The second-order valence-corrected chi connectivity index (χ2v) is 12.3. The Morgan fingerprint density at radius 3 is 1.93 bits per heavy atom. The first-order chi connectivity index (χ1) is 22.3. The highest BCUT2D eigenvalue weighted by atomic mass is 15.2. The van der Waals surface area contributed by atoms with Gasteiger partial charge in [0.2, 0.25) is 5.95 Å². The lowest BCUT2D eigenvalue weighted by Crippen LogP contribution is -2.14. The molecule has 212 valence electrons. The maximum absolute atomic E-state index is 5.40. The normalized spacial score (nSPS) is 18.7. The molecule has 0 radical (unpaired) electrons. The van der Waals surface area contributed by atoms with E-state index in [1.54, 1.807) is 0 Å². The average Bonchev–Trinajstić information content (AvgIpc) is 3.67. The molecule has 2 aliphatic rings. The largest absolute Gasteiger partial charge is 0.309 e. The van der Waals surface area contributed by atoms with E-state index in [0.29, 0.717) is 11.9 Å². The Labute approximate surface area is 260 Å². The summed E-state index contributed by atoms with van der Waals surface area (Å²) in [6, 6.07) is 45.5. The summed E-state index contributed by atoms with van der Waals surface area (Å²) in [4.78, 5) is 10.7. The Morgan fingerprint density at radius 2 is 1.20 bits per heavy atom. The number of fused-ring (bicyclic) bond motifs is 7. The summed E-state index contributed by atoms with van der Waals surface area (Å²) in [5.74, 6) is 1.19. The lowest BCUT2D eigenvalue weighted by molar-refractivity contribution is 0.764. The molecule has 2 atom stereocenters. The SMILES string of the molecule is C1=CC2C[C@@]2(c2cc(-c3ccccc3)nc(-n3c4ccccc4c4cc5c6ccccc6n(-c6ccccc6)c5cc43)n2)C=C1. The molecule has 8 aromatic rings. The van der Waals surface area contributed by atoms with Crippen molar-refractivity contribution in [3.8, 4) is 22.9 Å². The third-order valence-electron chi connectivity index (χ3n) is 9.85. The van der Waals surface area contributed by atoms with Gasteiger partial charge >= 0.3 is 0 Å². The monoisotopic (exact) mass is 576 g/mol. The van der Waals surface area contributed by atoms with Crippen LogP contribution in [0.4, 0.5) is 0 Å². The summed E-state index contributed by atoms with van der Waals surface area (Å²) in [6.45, 7) is 0. The van der Waals surface area contributed by atoms with Gasteiger partial charge in [0, 0.05) is 38.2 Å². The first kappa shape index (κ1) is 24.7. The molecule has 0 spiro atoms. The van der Waals surface area contributed by atoms with Crippen LogP contribution in [0.3, 0.4) is 0 Å². The predicted molar refractivity (Wildman–Crippen MR) is 184 cm³/mol. The third-order valence-corrected chi connectivity index (χ3v) is 9.85. The molecule has 5 aromatic carbocycles. The van der Waals surface area contributed by atoms with Crippen molar-refractivity contribution in [3.63, 3.8) is 0 Å². The highest BCUT2D eigenvalue weighted by Gasteiger charge is 2.54. The molecular weight excluding hydrogens is 548 g/mol.